The molecule has 2 aromatic carbocycles. The van der Waals surface area contributed by atoms with Gasteiger partial charge in [0.25, 0.3) is 11.6 Å². The van der Waals surface area contributed by atoms with Gasteiger partial charge in [-0.25, -0.2) is 4.98 Å². The summed E-state index contributed by atoms with van der Waals surface area (Å²) in [5.41, 5.74) is 3.37. The number of hydrogen-bond donors (Lipinski definition) is 2. The van der Waals surface area contributed by atoms with Crippen LogP contribution in [0, 0.1) is 24.0 Å². The first-order valence-electron chi connectivity index (χ1n) is 12.1. The topological polar surface area (TPSA) is 145 Å². The van der Waals surface area contributed by atoms with Crippen LogP contribution >= 0.6 is 23.1 Å². The van der Waals surface area contributed by atoms with E-state index in [1.807, 2.05) is 37.5 Å². The number of carbonyl (C=O) groups excluding carboxylic acids is 2. The van der Waals surface area contributed by atoms with E-state index < -0.39 is 4.92 Å². The zero-order valence-corrected chi connectivity index (χ0v) is 23.4. The maximum Gasteiger partial charge on any atom is 0.272 e. The summed E-state index contributed by atoms with van der Waals surface area (Å²) in [5.74, 6) is 0.193. The number of thioether (sulfide) groups is 1. The van der Waals surface area contributed by atoms with Gasteiger partial charge in [0.05, 0.1) is 22.4 Å². The van der Waals surface area contributed by atoms with Gasteiger partial charge in [-0.05, 0) is 39.8 Å². The fourth-order valence-electron chi connectivity index (χ4n) is 3.79. The van der Waals surface area contributed by atoms with Crippen LogP contribution in [0.3, 0.4) is 0 Å². The molecule has 0 aliphatic heterocycles. The Morgan fingerprint density at radius 2 is 1.90 bits per heavy atom. The van der Waals surface area contributed by atoms with Crippen molar-refractivity contribution in [2.45, 2.75) is 45.4 Å². The van der Waals surface area contributed by atoms with E-state index in [0.29, 0.717) is 45.0 Å². The Labute approximate surface area is 233 Å². The van der Waals surface area contributed by atoms with E-state index >= 15 is 0 Å². The lowest BCUT2D eigenvalue weighted by Crippen LogP contribution is -2.28. The van der Waals surface area contributed by atoms with Crippen LogP contribution in [-0.4, -0.2) is 42.2 Å². The minimum atomic E-state index is -0.426. The summed E-state index contributed by atoms with van der Waals surface area (Å²) in [6.45, 7) is 7.99. The molecule has 2 N–H and O–H groups in total. The molecule has 0 radical (unpaired) electrons. The lowest BCUT2D eigenvalue weighted by Gasteiger charge is -2.15. The predicted molar refractivity (Wildman–Crippen MR) is 151 cm³/mol. The standard InChI is InChI=1S/C26H27N7O4S2/c1-5-32-23(17(4)27-24(35)18-9-6-15(2)7-10-18)30-31-26(32)39-14-22(34)29-25-28-20(13-38-25)19-11-8-16(3)21(12-19)33(36)37/h6-13,17H,5,14H2,1-4H3,(H,27,35)(H,28,29,34). The second-order valence-corrected chi connectivity index (χ2v) is 10.6. The number of rotatable bonds is 10. The van der Waals surface area contributed by atoms with Crippen molar-refractivity contribution < 1.29 is 14.5 Å². The zero-order valence-electron chi connectivity index (χ0n) is 21.8. The Morgan fingerprint density at radius 1 is 1.15 bits per heavy atom. The molecule has 13 heteroatoms. The van der Waals surface area contributed by atoms with Crippen molar-refractivity contribution in [1.82, 2.24) is 25.1 Å². The van der Waals surface area contributed by atoms with Gasteiger partial charge >= 0.3 is 0 Å². The number of nitrogens with one attached hydrogen (secondary N) is 2. The highest BCUT2D eigenvalue weighted by atomic mass is 32.2. The molecule has 0 spiro atoms. The van der Waals surface area contributed by atoms with Crippen LogP contribution in [0.5, 0.6) is 0 Å². The van der Waals surface area contributed by atoms with Crippen LogP contribution < -0.4 is 10.6 Å². The summed E-state index contributed by atoms with van der Waals surface area (Å²) in [4.78, 5) is 40.5. The highest BCUT2D eigenvalue weighted by molar-refractivity contribution is 7.99. The number of thiazole rings is 1. The van der Waals surface area contributed by atoms with Crippen molar-refractivity contribution in [2.75, 3.05) is 11.1 Å². The van der Waals surface area contributed by atoms with Crippen LogP contribution in [0.1, 0.15) is 47.2 Å². The van der Waals surface area contributed by atoms with E-state index in [1.54, 1.807) is 36.6 Å². The fraction of sp³-hybridized carbons (Fsp3) is 0.269. The third kappa shape index (κ3) is 6.67. The molecule has 2 aromatic heterocycles. The van der Waals surface area contributed by atoms with Gasteiger partial charge in [0.2, 0.25) is 5.91 Å². The monoisotopic (exact) mass is 565 g/mol. The molecule has 0 saturated carbocycles. The van der Waals surface area contributed by atoms with E-state index in [4.69, 9.17) is 0 Å². The van der Waals surface area contributed by atoms with Crippen LogP contribution in [-0.2, 0) is 11.3 Å². The first-order valence-corrected chi connectivity index (χ1v) is 14.0. The highest BCUT2D eigenvalue weighted by Crippen LogP contribution is 2.29. The summed E-state index contributed by atoms with van der Waals surface area (Å²) in [6, 6.07) is 11.8. The zero-order chi connectivity index (χ0) is 28.1. The summed E-state index contributed by atoms with van der Waals surface area (Å²) >= 11 is 2.47. The van der Waals surface area contributed by atoms with Crippen LogP contribution in [0.25, 0.3) is 11.3 Å². The van der Waals surface area contributed by atoms with Crippen molar-refractivity contribution >= 4 is 45.7 Å². The normalized spacial score (nSPS) is 11.7. The predicted octanol–water partition coefficient (Wildman–Crippen LogP) is 5.17. The lowest BCUT2D eigenvalue weighted by molar-refractivity contribution is -0.385. The summed E-state index contributed by atoms with van der Waals surface area (Å²) in [5, 5.41) is 28.1. The van der Waals surface area contributed by atoms with E-state index in [9.17, 15) is 19.7 Å². The third-order valence-electron chi connectivity index (χ3n) is 5.89. The summed E-state index contributed by atoms with van der Waals surface area (Å²) in [7, 11) is 0. The Balaban J connectivity index is 1.36. The maximum absolute atomic E-state index is 12.6. The van der Waals surface area contributed by atoms with Crippen molar-refractivity contribution in [2.24, 2.45) is 0 Å². The quantitative estimate of drug-likeness (QED) is 0.152. The van der Waals surface area contributed by atoms with Gasteiger partial charge in [-0.2, -0.15) is 0 Å². The molecule has 4 rings (SSSR count). The van der Waals surface area contributed by atoms with Gasteiger partial charge in [0.1, 0.15) is 0 Å². The van der Waals surface area contributed by atoms with E-state index in [1.165, 1.54) is 29.2 Å². The van der Waals surface area contributed by atoms with E-state index in [-0.39, 0.29) is 29.3 Å². The first-order chi connectivity index (χ1) is 18.7. The smallest absolute Gasteiger partial charge is 0.272 e. The minimum absolute atomic E-state index is 0.0194. The lowest BCUT2D eigenvalue weighted by atomic mass is 10.1. The number of amides is 2. The molecule has 11 nitrogen and oxygen atoms in total. The van der Waals surface area contributed by atoms with E-state index in [2.05, 4.69) is 25.8 Å². The summed E-state index contributed by atoms with van der Waals surface area (Å²) in [6.07, 6.45) is 0. The highest BCUT2D eigenvalue weighted by Gasteiger charge is 2.21. The Morgan fingerprint density at radius 3 is 2.59 bits per heavy atom. The van der Waals surface area contributed by atoms with Gasteiger partial charge < -0.3 is 15.2 Å². The van der Waals surface area contributed by atoms with E-state index in [0.717, 1.165) is 5.56 Å². The Bertz CT molecular complexity index is 1510. The molecular formula is C26H27N7O4S2. The molecule has 0 bridgehead atoms. The van der Waals surface area contributed by atoms with Crippen LogP contribution in [0.4, 0.5) is 10.8 Å². The summed E-state index contributed by atoms with van der Waals surface area (Å²) < 4.78 is 1.86. The molecule has 0 saturated heterocycles. The van der Waals surface area contributed by atoms with Crippen molar-refractivity contribution in [3.8, 4) is 11.3 Å². The fourth-order valence-corrected chi connectivity index (χ4v) is 5.33. The van der Waals surface area contributed by atoms with Crippen molar-refractivity contribution in [3.63, 3.8) is 0 Å². The first kappa shape index (κ1) is 27.9. The SMILES string of the molecule is CCn1c(SCC(=O)Nc2nc(-c3ccc(C)c([N+](=O)[O-])c3)cs2)nnc1C(C)NC(=O)c1ccc(C)cc1. The number of nitrogens with zero attached hydrogens (tertiary/aromatic N) is 5. The van der Waals surface area contributed by atoms with Crippen molar-refractivity contribution in [1.29, 1.82) is 0 Å². The van der Waals surface area contributed by atoms with Gasteiger partial charge in [-0.3, -0.25) is 19.7 Å². The number of hydrogen-bond acceptors (Lipinski definition) is 9. The molecule has 0 fully saturated rings. The second-order valence-electron chi connectivity index (χ2n) is 8.78. The second kappa shape index (κ2) is 12.2. The molecule has 0 aliphatic rings. The Kier molecular flexibility index (Phi) is 8.72. The molecule has 202 valence electrons. The van der Waals surface area contributed by atoms with Gasteiger partial charge in [-0.1, -0.05) is 41.6 Å². The average Bonchev–Trinajstić information content (AvgIpc) is 3.54. The number of benzene rings is 2. The molecule has 2 heterocycles. The number of nitro groups is 1. The molecular weight excluding hydrogens is 538 g/mol. The van der Waals surface area contributed by atoms with Crippen LogP contribution in [0.15, 0.2) is 53.0 Å². The third-order valence-corrected chi connectivity index (χ3v) is 7.62. The largest absolute Gasteiger partial charge is 0.342 e. The molecule has 1 unspecified atom stereocenters. The minimum Gasteiger partial charge on any atom is -0.342 e. The van der Waals surface area contributed by atoms with Crippen LogP contribution in [0.2, 0.25) is 0 Å². The molecule has 2 amide bonds. The Hall–Kier alpha value is -4.10. The van der Waals surface area contributed by atoms with Gasteiger partial charge in [0.15, 0.2) is 16.1 Å². The van der Waals surface area contributed by atoms with Gasteiger partial charge in [-0.15, -0.1) is 21.5 Å². The molecule has 1 atom stereocenters. The average molecular weight is 566 g/mol. The molecule has 39 heavy (non-hydrogen) atoms. The molecule has 0 aliphatic carbocycles. The number of nitro benzene ring substituents is 1. The number of carbonyl (C=O) groups is 2. The molecule has 4 aromatic rings. The number of anilines is 1. The van der Waals surface area contributed by atoms with Crippen molar-refractivity contribution in [3.05, 3.63) is 80.5 Å². The maximum atomic E-state index is 12.6. The van der Waals surface area contributed by atoms with Gasteiger partial charge in [0, 0.05) is 34.7 Å². The number of aromatic nitrogens is 4. The number of aryl methyl sites for hydroxylation is 2.